The Bertz CT molecular complexity index is 786. The SMILES string of the molecule is CC.Oc1ccccc1CN(F)CC1=CC(CNCc2ccccc2)=CCCC1. The standard InChI is InChI=1S/C23H27FN2O.C2H6/c24-26(18-22-12-6-7-13-23(22)27)17-21-11-5-4-10-20(14-21)16-25-15-19-8-2-1-3-9-19;1-2/h1-3,6-10,12-14,25,27H,4-5,11,15-18H2;1-2H3. The number of para-hydroxylation sites is 1. The van der Waals surface area contributed by atoms with Crippen molar-refractivity contribution in [1.82, 2.24) is 10.4 Å². The molecule has 2 aromatic carbocycles. The van der Waals surface area contributed by atoms with Gasteiger partial charge >= 0.3 is 0 Å². The minimum Gasteiger partial charge on any atom is -0.508 e. The summed E-state index contributed by atoms with van der Waals surface area (Å²) >= 11 is 0. The summed E-state index contributed by atoms with van der Waals surface area (Å²) in [5.41, 5.74) is 4.18. The van der Waals surface area contributed by atoms with Crippen LogP contribution < -0.4 is 5.32 Å². The van der Waals surface area contributed by atoms with Gasteiger partial charge < -0.3 is 10.4 Å². The number of hydrogen-bond donors (Lipinski definition) is 2. The Morgan fingerprint density at radius 3 is 2.45 bits per heavy atom. The van der Waals surface area contributed by atoms with Crippen LogP contribution in [0.25, 0.3) is 0 Å². The molecule has 0 amide bonds. The second-order valence-electron chi connectivity index (χ2n) is 6.97. The number of allylic oxidation sites excluding steroid dienone is 1. The fourth-order valence-electron chi connectivity index (χ4n) is 3.31. The van der Waals surface area contributed by atoms with Crippen LogP contribution in [0.5, 0.6) is 5.75 Å². The first-order chi connectivity index (χ1) is 14.2. The van der Waals surface area contributed by atoms with Crippen LogP contribution in [0.4, 0.5) is 4.48 Å². The van der Waals surface area contributed by atoms with Gasteiger partial charge in [0.1, 0.15) is 5.75 Å². The summed E-state index contributed by atoms with van der Waals surface area (Å²) in [7, 11) is 0. The molecule has 0 bridgehead atoms. The minimum atomic E-state index is 0.0926. The maximum atomic E-state index is 14.4. The van der Waals surface area contributed by atoms with Crippen LogP contribution in [0.2, 0.25) is 0 Å². The molecule has 0 spiro atoms. The van der Waals surface area contributed by atoms with Crippen molar-refractivity contribution in [3.63, 3.8) is 0 Å². The van der Waals surface area contributed by atoms with Crippen LogP contribution in [-0.2, 0) is 13.1 Å². The summed E-state index contributed by atoms with van der Waals surface area (Å²) in [4.78, 5) is 0. The van der Waals surface area contributed by atoms with E-state index in [2.05, 4.69) is 29.6 Å². The van der Waals surface area contributed by atoms with Gasteiger partial charge in [-0.25, -0.2) is 0 Å². The predicted octanol–water partition coefficient (Wildman–Crippen LogP) is 5.93. The highest BCUT2D eigenvalue weighted by Gasteiger charge is 2.12. The number of phenols is 1. The molecule has 0 aromatic heterocycles. The van der Waals surface area contributed by atoms with E-state index in [4.69, 9.17) is 0 Å². The number of aromatic hydroxyl groups is 1. The maximum absolute atomic E-state index is 14.4. The molecule has 0 atom stereocenters. The lowest BCUT2D eigenvalue weighted by atomic mass is 10.1. The molecule has 0 saturated heterocycles. The Hall–Kier alpha value is -2.43. The summed E-state index contributed by atoms with van der Waals surface area (Å²) in [5.74, 6) is 0.140. The lowest BCUT2D eigenvalue weighted by molar-refractivity contribution is 0.0257. The summed E-state index contributed by atoms with van der Waals surface area (Å²) < 4.78 is 14.4. The van der Waals surface area contributed by atoms with E-state index in [1.54, 1.807) is 18.2 Å². The van der Waals surface area contributed by atoms with E-state index in [-0.39, 0.29) is 18.8 Å². The second kappa shape index (κ2) is 12.9. The van der Waals surface area contributed by atoms with Gasteiger partial charge in [-0.3, -0.25) is 0 Å². The zero-order chi connectivity index (χ0) is 20.9. The molecule has 156 valence electrons. The number of hydrogen-bond acceptors (Lipinski definition) is 3. The Morgan fingerprint density at radius 2 is 1.69 bits per heavy atom. The zero-order valence-electron chi connectivity index (χ0n) is 17.6. The van der Waals surface area contributed by atoms with E-state index in [1.807, 2.05) is 38.1 Å². The van der Waals surface area contributed by atoms with Crippen LogP contribution in [0.15, 0.2) is 77.9 Å². The lowest BCUT2D eigenvalue weighted by Crippen LogP contribution is -2.18. The van der Waals surface area contributed by atoms with E-state index in [9.17, 15) is 9.59 Å². The highest BCUT2D eigenvalue weighted by Crippen LogP contribution is 2.22. The molecule has 0 aliphatic heterocycles. The van der Waals surface area contributed by atoms with E-state index in [1.165, 1.54) is 11.1 Å². The van der Waals surface area contributed by atoms with Crippen molar-refractivity contribution in [2.75, 3.05) is 13.1 Å². The van der Waals surface area contributed by atoms with Gasteiger partial charge in [-0.05, 0) is 36.5 Å². The summed E-state index contributed by atoms with van der Waals surface area (Å²) in [5, 5.41) is 14.1. The van der Waals surface area contributed by atoms with Crippen molar-refractivity contribution in [3.8, 4) is 5.75 Å². The molecule has 3 nitrogen and oxygen atoms in total. The average molecular weight is 397 g/mol. The summed E-state index contributed by atoms with van der Waals surface area (Å²) in [6, 6.07) is 17.2. The molecule has 3 rings (SSSR count). The van der Waals surface area contributed by atoms with Crippen LogP contribution >= 0.6 is 0 Å². The lowest BCUT2D eigenvalue weighted by Gasteiger charge is -2.15. The molecular weight excluding hydrogens is 363 g/mol. The van der Waals surface area contributed by atoms with Crippen molar-refractivity contribution in [1.29, 1.82) is 0 Å². The maximum Gasteiger partial charge on any atom is 0.120 e. The van der Waals surface area contributed by atoms with Crippen molar-refractivity contribution in [2.45, 2.75) is 46.2 Å². The fraction of sp³-hybridized carbons (Fsp3) is 0.360. The monoisotopic (exact) mass is 396 g/mol. The Morgan fingerprint density at radius 1 is 0.966 bits per heavy atom. The summed E-state index contributed by atoms with van der Waals surface area (Å²) in [6.07, 6.45) is 7.34. The number of nitrogens with zero attached hydrogens (tertiary/aromatic N) is 1. The van der Waals surface area contributed by atoms with Gasteiger partial charge in [-0.15, -0.1) is 9.60 Å². The van der Waals surface area contributed by atoms with Crippen molar-refractivity contribution in [2.24, 2.45) is 0 Å². The highest BCUT2D eigenvalue weighted by molar-refractivity contribution is 5.32. The van der Waals surface area contributed by atoms with Crippen molar-refractivity contribution < 1.29 is 9.59 Å². The molecule has 1 aliphatic rings. The Kier molecular flexibility index (Phi) is 10.2. The van der Waals surface area contributed by atoms with Crippen molar-refractivity contribution in [3.05, 3.63) is 89.0 Å². The van der Waals surface area contributed by atoms with Crippen LogP contribution in [0.3, 0.4) is 0 Å². The molecule has 2 N–H and O–H groups in total. The second-order valence-corrected chi connectivity index (χ2v) is 6.97. The molecule has 2 aromatic rings. The van der Waals surface area contributed by atoms with Crippen LogP contribution in [0.1, 0.15) is 44.2 Å². The topological polar surface area (TPSA) is 35.5 Å². The van der Waals surface area contributed by atoms with Crippen LogP contribution in [0, 0.1) is 0 Å². The number of benzene rings is 2. The fourth-order valence-corrected chi connectivity index (χ4v) is 3.31. The van der Waals surface area contributed by atoms with Gasteiger partial charge in [-0.1, -0.05) is 80.1 Å². The van der Waals surface area contributed by atoms with E-state index < -0.39 is 0 Å². The zero-order valence-corrected chi connectivity index (χ0v) is 17.6. The molecule has 4 heteroatoms. The largest absolute Gasteiger partial charge is 0.508 e. The number of rotatable bonds is 8. The first-order valence-electron chi connectivity index (χ1n) is 10.5. The normalized spacial score (nSPS) is 13.8. The molecular formula is C25H33FN2O. The third-order valence-electron chi connectivity index (χ3n) is 4.71. The third-order valence-corrected chi connectivity index (χ3v) is 4.71. The molecule has 0 unspecified atom stereocenters. The number of phenolic OH excluding ortho intramolecular Hbond substituents is 1. The van der Waals surface area contributed by atoms with Gasteiger partial charge in [0.15, 0.2) is 0 Å². The summed E-state index contributed by atoms with van der Waals surface area (Å²) in [6.45, 7) is 5.97. The smallest absolute Gasteiger partial charge is 0.120 e. The molecule has 0 saturated carbocycles. The Labute approximate surface area is 174 Å². The van der Waals surface area contributed by atoms with E-state index >= 15 is 0 Å². The molecule has 0 heterocycles. The number of halogens is 1. The van der Waals surface area contributed by atoms with Crippen molar-refractivity contribution >= 4 is 0 Å². The Balaban J connectivity index is 0.00000145. The average Bonchev–Trinajstić information content (AvgIpc) is 2.97. The van der Waals surface area contributed by atoms with Gasteiger partial charge in [0.25, 0.3) is 0 Å². The molecule has 29 heavy (non-hydrogen) atoms. The van der Waals surface area contributed by atoms with Gasteiger partial charge in [0, 0.05) is 18.7 Å². The minimum absolute atomic E-state index is 0.0926. The molecule has 0 fully saturated rings. The van der Waals surface area contributed by atoms with Gasteiger partial charge in [-0.2, -0.15) is 0 Å². The van der Waals surface area contributed by atoms with E-state index in [0.717, 1.165) is 43.0 Å². The quantitative estimate of drug-likeness (QED) is 0.543. The predicted molar refractivity (Wildman–Crippen MR) is 119 cm³/mol. The third kappa shape index (κ3) is 8.22. The molecule has 0 radical (unpaired) electrons. The van der Waals surface area contributed by atoms with Gasteiger partial charge in [0.05, 0.1) is 13.1 Å². The molecule has 1 aliphatic carbocycles. The first-order valence-corrected chi connectivity index (χ1v) is 10.5. The number of nitrogens with one attached hydrogen (secondary N) is 1. The first kappa shape index (κ1) is 22.9. The van der Waals surface area contributed by atoms with E-state index in [0.29, 0.717) is 5.56 Å². The highest BCUT2D eigenvalue weighted by atomic mass is 19.2. The van der Waals surface area contributed by atoms with Crippen LogP contribution in [-0.4, -0.2) is 23.3 Å². The van der Waals surface area contributed by atoms with Gasteiger partial charge in [0.2, 0.25) is 0 Å².